The normalized spacial score (nSPS) is 25.0. The molecule has 1 saturated heterocycles. The van der Waals surface area contributed by atoms with Gasteiger partial charge in [0.2, 0.25) is 0 Å². The Morgan fingerprint density at radius 2 is 1.81 bits per heavy atom. The van der Waals surface area contributed by atoms with Crippen LogP contribution in [0.4, 0.5) is 4.79 Å². The van der Waals surface area contributed by atoms with E-state index in [0.29, 0.717) is 12.1 Å². The van der Waals surface area contributed by atoms with Crippen LogP contribution in [0.2, 0.25) is 0 Å². The van der Waals surface area contributed by atoms with Gasteiger partial charge >= 0.3 is 6.03 Å². The van der Waals surface area contributed by atoms with E-state index in [1.165, 1.54) is 45.1 Å². The van der Waals surface area contributed by atoms with E-state index >= 15 is 0 Å². The number of nitrogens with one attached hydrogen (secondary N) is 2. The second-order valence-electron chi connectivity index (χ2n) is 6.76. The topological polar surface area (TPSA) is 44.4 Å². The zero-order valence-corrected chi connectivity index (χ0v) is 13.9. The average molecular weight is 295 g/mol. The molecule has 1 aliphatic carbocycles. The van der Waals surface area contributed by atoms with Crippen molar-refractivity contribution in [2.75, 3.05) is 13.1 Å². The summed E-state index contributed by atoms with van der Waals surface area (Å²) in [5, 5.41) is 6.28. The first-order valence-corrected chi connectivity index (χ1v) is 9.04. The fourth-order valence-electron chi connectivity index (χ4n) is 3.81. The highest BCUT2D eigenvalue weighted by atomic mass is 16.2. The lowest BCUT2D eigenvalue weighted by atomic mass is 9.92. The van der Waals surface area contributed by atoms with Gasteiger partial charge in [0.15, 0.2) is 0 Å². The van der Waals surface area contributed by atoms with Crippen molar-refractivity contribution < 1.29 is 4.79 Å². The molecule has 1 unspecified atom stereocenters. The standard InChI is InChI=1S/C17H33N3O/c1-3-14(4-2)18-17(21)19-15-9-8-12-20(13-15)16-10-6-5-7-11-16/h14-16H,3-13H2,1-2H3,(H2,18,19,21). The maximum absolute atomic E-state index is 12.1. The number of hydrogen-bond donors (Lipinski definition) is 2. The summed E-state index contributed by atoms with van der Waals surface area (Å²) in [4.78, 5) is 14.7. The molecule has 21 heavy (non-hydrogen) atoms. The minimum Gasteiger partial charge on any atom is -0.335 e. The molecule has 1 atom stereocenters. The third-order valence-electron chi connectivity index (χ3n) is 5.20. The molecule has 1 heterocycles. The molecule has 2 fully saturated rings. The molecule has 0 aromatic carbocycles. The third-order valence-corrected chi connectivity index (χ3v) is 5.20. The maximum atomic E-state index is 12.1. The lowest BCUT2D eigenvalue weighted by Crippen LogP contribution is -2.54. The van der Waals surface area contributed by atoms with Gasteiger partial charge in [0.1, 0.15) is 0 Å². The molecule has 1 aliphatic heterocycles. The van der Waals surface area contributed by atoms with Crippen LogP contribution in [0.15, 0.2) is 0 Å². The zero-order valence-electron chi connectivity index (χ0n) is 13.9. The van der Waals surface area contributed by atoms with Crippen molar-refractivity contribution in [3.05, 3.63) is 0 Å². The van der Waals surface area contributed by atoms with Crippen LogP contribution in [-0.2, 0) is 0 Å². The van der Waals surface area contributed by atoms with Gasteiger partial charge in [-0.3, -0.25) is 4.90 Å². The minimum atomic E-state index is 0.0270. The number of piperidine rings is 1. The molecule has 0 aromatic rings. The second kappa shape index (κ2) is 8.62. The number of carbonyl (C=O) groups is 1. The Labute approximate surface area is 130 Å². The van der Waals surface area contributed by atoms with Crippen molar-refractivity contribution in [3.63, 3.8) is 0 Å². The van der Waals surface area contributed by atoms with Crippen LogP contribution < -0.4 is 10.6 Å². The van der Waals surface area contributed by atoms with Crippen molar-refractivity contribution in [2.24, 2.45) is 0 Å². The van der Waals surface area contributed by atoms with Gasteiger partial charge in [-0.25, -0.2) is 4.79 Å². The minimum absolute atomic E-state index is 0.0270. The number of amides is 2. The Hall–Kier alpha value is -0.770. The van der Waals surface area contributed by atoms with Crippen LogP contribution in [-0.4, -0.2) is 42.1 Å². The summed E-state index contributed by atoms with van der Waals surface area (Å²) in [7, 11) is 0. The van der Waals surface area contributed by atoms with E-state index < -0.39 is 0 Å². The lowest BCUT2D eigenvalue weighted by Gasteiger charge is -2.40. The first-order chi connectivity index (χ1) is 10.2. The van der Waals surface area contributed by atoms with Gasteiger partial charge in [-0.1, -0.05) is 33.1 Å². The van der Waals surface area contributed by atoms with Crippen molar-refractivity contribution >= 4 is 6.03 Å². The van der Waals surface area contributed by atoms with E-state index in [1.807, 2.05) is 0 Å². The van der Waals surface area contributed by atoms with Crippen LogP contribution in [0.25, 0.3) is 0 Å². The Morgan fingerprint density at radius 3 is 2.48 bits per heavy atom. The largest absolute Gasteiger partial charge is 0.335 e. The SMILES string of the molecule is CCC(CC)NC(=O)NC1CCCN(C2CCCCC2)C1. The quantitative estimate of drug-likeness (QED) is 0.817. The van der Waals surface area contributed by atoms with E-state index in [4.69, 9.17) is 0 Å². The highest BCUT2D eigenvalue weighted by Crippen LogP contribution is 2.25. The Bertz CT molecular complexity index is 311. The van der Waals surface area contributed by atoms with Crippen LogP contribution in [0.1, 0.15) is 71.6 Å². The zero-order chi connectivity index (χ0) is 15.1. The van der Waals surface area contributed by atoms with Crippen molar-refractivity contribution in [2.45, 2.75) is 89.8 Å². The van der Waals surface area contributed by atoms with E-state index in [9.17, 15) is 4.79 Å². The summed E-state index contributed by atoms with van der Waals surface area (Å²) in [5.74, 6) is 0. The second-order valence-corrected chi connectivity index (χ2v) is 6.76. The van der Waals surface area contributed by atoms with Gasteiger partial charge in [0.25, 0.3) is 0 Å². The van der Waals surface area contributed by atoms with E-state index in [1.54, 1.807) is 0 Å². The molecule has 2 rings (SSSR count). The van der Waals surface area contributed by atoms with Crippen molar-refractivity contribution in [1.82, 2.24) is 15.5 Å². The van der Waals surface area contributed by atoms with Gasteiger partial charge < -0.3 is 10.6 Å². The highest BCUT2D eigenvalue weighted by Gasteiger charge is 2.27. The molecule has 0 radical (unpaired) electrons. The summed E-state index contributed by atoms with van der Waals surface area (Å²) in [6.07, 6.45) is 11.2. The fraction of sp³-hybridized carbons (Fsp3) is 0.941. The van der Waals surface area contributed by atoms with Gasteiger partial charge in [-0.2, -0.15) is 0 Å². The van der Waals surface area contributed by atoms with Gasteiger partial charge in [0, 0.05) is 24.7 Å². The molecule has 0 spiro atoms. The average Bonchev–Trinajstić information content (AvgIpc) is 2.53. The summed E-state index contributed by atoms with van der Waals surface area (Å²) < 4.78 is 0. The number of rotatable bonds is 5. The number of carbonyl (C=O) groups excluding carboxylic acids is 1. The molecule has 2 aliphatic rings. The Kier molecular flexibility index (Phi) is 6.81. The van der Waals surface area contributed by atoms with Crippen LogP contribution in [0.3, 0.4) is 0 Å². The fourth-order valence-corrected chi connectivity index (χ4v) is 3.81. The molecule has 2 N–H and O–H groups in total. The van der Waals surface area contributed by atoms with Crippen LogP contribution in [0.5, 0.6) is 0 Å². The number of likely N-dealkylation sites (tertiary alicyclic amines) is 1. The number of nitrogens with zero attached hydrogens (tertiary/aromatic N) is 1. The van der Waals surface area contributed by atoms with Gasteiger partial charge in [-0.15, -0.1) is 0 Å². The third kappa shape index (κ3) is 5.17. The predicted molar refractivity (Wildman–Crippen MR) is 87.5 cm³/mol. The van der Waals surface area contributed by atoms with E-state index in [0.717, 1.165) is 31.8 Å². The predicted octanol–water partition coefficient (Wildman–Crippen LogP) is 3.27. The summed E-state index contributed by atoms with van der Waals surface area (Å²) in [6, 6.07) is 1.43. The molecular formula is C17H33N3O. The lowest BCUT2D eigenvalue weighted by molar-refractivity contribution is 0.112. The Morgan fingerprint density at radius 1 is 1.10 bits per heavy atom. The van der Waals surface area contributed by atoms with Crippen molar-refractivity contribution in [3.8, 4) is 0 Å². The molecule has 1 saturated carbocycles. The smallest absolute Gasteiger partial charge is 0.315 e. The molecule has 2 amide bonds. The van der Waals surface area contributed by atoms with E-state index in [-0.39, 0.29) is 6.03 Å². The van der Waals surface area contributed by atoms with Crippen LogP contribution >= 0.6 is 0 Å². The molecule has 0 aromatic heterocycles. The highest BCUT2D eigenvalue weighted by molar-refractivity contribution is 5.74. The maximum Gasteiger partial charge on any atom is 0.315 e. The van der Waals surface area contributed by atoms with Gasteiger partial charge in [0.05, 0.1) is 0 Å². The number of urea groups is 1. The monoisotopic (exact) mass is 295 g/mol. The van der Waals surface area contributed by atoms with Gasteiger partial charge in [-0.05, 0) is 45.1 Å². The molecule has 4 nitrogen and oxygen atoms in total. The van der Waals surface area contributed by atoms with Crippen LogP contribution in [0, 0.1) is 0 Å². The molecule has 4 heteroatoms. The summed E-state index contributed by atoms with van der Waals surface area (Å²) >= 11 is 0. The van der Waals surface area contributed by atoms with E-state index in [2.05, 4.69) is 29.4 Å². The summed E-state index contributed by atoms with van der Waals surface area (Å²) in [6.45, 7) is 6.51. The summed E-state index contributed by atoms with van der Waals surface area (Å²) in [5.41, 5.74) is 0. The molecule has 122 valence electrons. The van der Waals surface area contributed by atoms with Crippen molar-refractivity contribution in [1.29, 1.82) is 0 Å². The molecular weight excluding hydrogens is 262 g/mol. The first kappa shape index (κ1) is 16.6. The Balaban J connectivity index is 1.76. The first-order valence-electron chi connectivity index (χ1n) is 9.04. The number of hydrogen-bond acceptors (Lipinski definition) is 2. The molecule has 0 bridgehead atoms.